The zero-order chi connectivity index (χ0) is 57.1. The fraction of sp³-hybridized carbons (Fsp3) is 0.918. The molecule has 0 saturated carbocycles. The van der Waals surface area contributed by atoms with Gasteiger partial charge in [-0.1, -0.05) is 359 Å². The summed E-state index contributed by atoms with van der Waals surface area (Å²) in [4.78, 5) is 24.6. The molecule has 0 saturated heterocycles. The summed E-state index contributed by atoms with van der Waals surface area (Å²) in [7, 11) is 0. The molecule has 6 heteroatoms. The average Bonchev–Trinajstić information content (AvgIpc) is 3.45. The molecule has 2 atom stereocenters. The first kappa shape index (κ1) is 77.3. The number of unbranched alkanes of at least 4 members (excludes halogenated alkanes) is 55. The van der Waals surface area contributed by atoms with Crippen LogP contribution in [0.15, 0.2) is 24.3 Å². The van der Waals surface area contributed by atoms with Crippen molar-refractivity contribution in [1.29, 1.82) is 0 Å². The van der Waals surface area contributed by atoms with Crippen LogP contribution in [-0.2, 0) is 14.3 Å². The fourth-order valence-corrected chi connectivity index (χ4v) is 11.5. The molecule has 0 aromatic carbocycles. The molecule has 0 fully saturated rings. The number of aliphatic hydroxyl groups excluding tert-OH is 2. The van der Waals surface area contributed by atoms with E-state index in [0.717, 1.165) is 38.5 Å². The normalized spacial score (nSPS) is 12.6. The number of aliphatic hydroxyl groups is 2. The molecular weight excluding hydrogens is 971 g/mol. The van der Waals surface area contributed by atoms with Crippen LogP contribution in [0.3, 0.4) is 0 Å². The number of rotatable bonds is 68. The van der Waals surface area contributed by atoms with Crippen LogP contribution in [0.4, 0.5) is 0 Å². The third kappa shape index (κ3) is 65.4. The maximum absolute atomic E-state index is 12.5. The van der Waals surface area contributed by atoms with Crippen LogP contribution in [0, 0.1) is 0 Å². The summed E-state index contributed by atoms with van der Waals surface area (Å²) in [5.41, 5.74) is 0. The fourth-order valence-electron chi connectivity index (χ4n) is 11.5. The van der Waals surface area contributed by atoms with Crippen molar-refractivity contribution >= 4 is 11.9 Å². The summed E-state index contributed by atoms with van der Waals surface area (Å²) in [5, 5.41) is 23.1. The highest BCUT2D eigenvalue weighted by atomic mass is 16.5. The Kier molecular flexibility index (Phi) is 67.4. The van der Waals surface area contributed by atoms with E-state index in [-0.39, 0.29) is 18.5 Å². The molecule has 0 aromatic heterocycles. The van der Waals surface area contributed by atoms with E-state index in [2.05, 4.69) is 31.3 Å². The molecule has 2 unspecified atom stereocenters. The third-order valence-electron chi connectivity index (χ3n) is 17.0. The molecule has 0 rings (SSSR count). The van der Waals surface area contributed by atoms with Gasteiger partial charge in [-0.25, -0.2) is 0 Å². The summed E-state index contributed by atoms with van der Waals surface area (Å²) in [6.07, 6.45) is 87.0. The maximum atomic E-state index is 12.5. The van der Waals surface area contributed by atoms with Gasteiger partial charge in [0, 0.05) is 12.8 Å². The van der Waals surface area contributed by atoms with Crippen molar-refractivity contribution in [3.63, 3.8) is 0 Å². The van der Waals surface area contributed by atoms with Gasteiger partial charge in [-0.15, -0.1) is 0 Å². The number of nitrogens with one attached hydrogen (secondary N) is 1. The van der Waals surface area contributed by atoms with Crippen LogP contribution in [0.1, 0.15) is 406 Å². The Morgan fingerprint density at radius 1 is 0.342 bits per heavy atom. The lowest BCUT2D eigenvalue weighted by Crippen LogP contribution is -2.45. The van der Waals surface area contributed by atoms with E-state index in [9.17, 15) is 19.8 Å². The van der Waals surface area contributed by atoms with Crippen molar-refractivity contribution in [2.45, 2.75) is 418 Å². The molecule has 0 aliphatic carbocycles. The molecule has 6 nitrogen and oxygen atoms in total. The molecule has 0 aromatic rings. The van der Waals surface area contributed by atoms with Crippen molar-refractivity contribution in [3.05, 3.63) is 24.3 Å². The molecule has 468 valence electrons. The molecule has 0 spiro atoms. The van der Waals surface area contributed by atoms with Crippen LogP contribution in [0.25, 0.3) is 0 Å². The van der Waals surface area contributed by atoms with Crippen LogP contribution >= 0.6 is 0 Å². The Hall–Kier alpha value is -1.66. The predicted octanol–water partition coefficient (Wildman–Crippen LogP) is 23.3. The Bertz CT molecular complexity index is 1230. The van der Waals surface area contributed by atoms with Crippen molar-refractivity contribution in [2.75, 3.05) is 13.2 Å². The van der Waals surface area contributed by atoms with E-state index < -0.39 is 12.1 Å². The smallest absolute Gasteiger partial charge is 0.305 e. The summed E-state index contributed by atoms with van der Waals surface area (Å²) in [6, 6.07) is -0.624. The van der Waals surface area contributed by atoms with Crippen molar-refractivity contribution in [2.24, 2.45) is 0 Å². The Morgan fingerprint density at radius 3 is 0.899 bits per heavy atom. The Labute approximate surface area is 494 Å². The second-order valence-corrected chi connectivity index (χ2v) is 24.9. The Balaban J connectivity index is 3.33. The van der Waals surface area contributed by atoms with E-state index in [1.165, 1.54) is 340 Å². The molecule has 79 heavy (non-hydrogen) atoms. The first-order valence-corrected chi connectivity index (χ1v) is 36.1. The minimum atomic E-state index is -0.841. The molecular formula is C73H141NO5. The third-order valence-corrected chi connectivity index (χ3v) is 17.0. The van der Waals surface area contributed by atoms with Gasteiger partial charge < -0.3 is 20.3 Å². The number of hydrogen-bond acceptors (Lipinski definition) is 5. The van der Waals surface area contributed by atoms with Crippen LogP contribution in [0.5, 0.6) is 0 Å². The van der Waals surface area contributed by atoms with Gasteiger partial charge >= 0.3 is 5.97 Å². The number of amides is 1. The van der Waals surface area contributed by atoms with Crippen LogP contribution in [0.2, 0.25) is 0 Å². The highest BCUT2D eigenvalue weighted by Gasteiger charge is 2.18. The number of ether oxygens (including phenoxy) is 1. The maximum Gasteiger partial charge on any atom is 0.305 e. The SMILES string of the molecule is CCCCCCCCCCCCC/C=C/C(O)C(CO)NC(=O)CCCCCCCCCCCCCCCCCCC/C=C\CCCCCCCCCCCCCCOC(=O)CCCCCCCCCCCCCCCCCC. The molecule has 0 bridgehead atoms. The van der Waals surface area contributed by atoms with Crippen LogP contribution in [-0.4, -0.2) is 47.4 Å². The number of allylic oxidation sites excluding steroid dienone is 3. The minimum Gasteiger partial charge on any atom is -0.466 e. The van der Waals surface area contributed by atoms with Gasteiger partial charge in [0.05, 0.1) is 25.4 Å². The summed E-state index contributed by atoms with van der Waals surface area (Å²) >= 11 is 0. The summed E-state index contributed by atoms with van der Waals surface area (Å²) in [6.45, 7) is 4.94. The van der Waals surface area contributed by atoms with Gasteiger partial charge in [-0.05, 0) is 57.8 Å². The van der Waals surface area contributed by atoms with Crippen molar-refractivity contribution < 1.29 is 24.5 Å². The minimum absolute atomic E-state index is 0.0226. The number of esters is 1. The molecule has 0 heterocycles. The zero-order valence-electron chi connectivity index (χ0n) is 53.6. The zero-order valence-corrected chi connectivity index (χ0v) is 53.6. The summed E-state index contributed by atoms with van der Waals surface area (Å²) < 4.78 is 5.51. The molecule has 1 amide bonds. The van der Waals surface area contributed by atoms with Gasteiger partial charge in [0.1, 0.15) is 0 Å². The Morgan fingerprint density at radius 2 is 0.595 bits per heavy atom. The first-order valence-electron chi connectivity index (χ1n) is 36.1. The van der Waals surface area contributed by atoms with E-state index in [4.69, 9.17) is 4.74 Å². The predicted molar refractivity (Wildman–Crippen MR) is 347 cm³/mol. The second kappa shape index (κ2) is 68.8. The molecule has 0 radical (unpaired) electrons. The van der Waals surface area contributed by atoms with E-state index in [1.54, 1.807) is 6.08 Å². The largest absolute Gasteiger partial charge is 0.466 e. The lowest BCUT2D eigenvalue weighted by atomic mass is 10.0. The van der Waals surface area contributed by atoms with E-state index in [0.29, 0.717) is 19.4 Å². The standard InChI is InChI=1S/C73H141NO5/c1-3-5-7-9-11-13-15-17-18-39-43-47-51-55-59-63-67-73(78)79-68-64-60-56-52-48-44-40-37-35-33-31-29-27-25-23-21-19-20-22-24-26-28-30-32-34-36-38-42-46-50-54-58-62-66-72(77)74-70(69-75)71(76)65-61-57-53-49-45-41-16-14-12-10-8-6-4-2/h23,25,61,65,70-71,75-76H,3-22,24,26-60,62-64,66-69H2,1-2H3,(H,74,77)/b25-23-,65-61+. The van der Waals surface area contributed by atoms with Gasteiger partial charge in [0.15, 0.2) is 0 Å². The van der Waals surface area contributed by atoms with E-state index in [1.807, 2.05) is 6.08 Å². The monoisotopic (exact) mass is 1110 g/mol. The molecule has 0 aliphatic heterocycles. The highest BCUT2D eigenvalue weighted by molar-refractivity contribution is 5.76. The van der Waals surface area contributed by atoms with Crippen molar-refractivity contribution in [3.8, 4) is 0 Å². The quantitative estimate of drug-likeness (QED) is 0.0320. The summed E-state index contributed by atoms with van der Waals surface area (Å²) in [5.74, 6) is -0.0406. The topological polar surface area (TPSA) is 95.9 Å². The number of hydrogen-bond donors (Lipinski definition) is 3. The molecule has 3 N–H and O–H groups in total. The number of carbonyl (C=O) groups excluding carboxylic acids is 2. The second-order valence-electron chi connectivity index (χ2n) is 24.9. The van der Waals surface area contributed by atoms with Gasteiger partial charge in [-0.3, -0.25) is 9.59 Å². The van der Waals surface area contributed by atoms with Crippen molar-refractivity contribution in [1.82, 2.24) is 5.32 Å². The van der Waals surface area contributed by atoms with Gasteiger partial charge in [-0.2, -0.15) is 0 Å². The highest BCUT2D eigenvalue weighted by Crippen LogP contribution is 2.19. The average molecular weight is 1110 g/mol. The molecule has 0 aliphatic rings. The van der Waals surface area contributed by atoms with E-state index >= 15 is 0 Å². The van der Waals surface area contributed by atoms with Gasteiger partial charge in [0.2, 0.25) is 5.91 Å². The lowest BCUT2D eigenvalue weighted by Gasteiger charge is -2.20. The van der Waals surface area contributed by atoms with Gasteiger partial charge in [0.25, 0.3) is 0 Å². The first-order chi connectivity index (χ1) is 39.0. The lowest BCUT2D eigenvalue weighted by molar-refractivity contribution is -0.143. The number of carbonyl (C=O) groups is 2. The van der Waals surface area contributed by atoms with Crippen LogP contribution < -0.4 is 5.32 Å².